The number of rotatable bonds is 67. The molecule has 0 saturated heterocycles. The van der Waals surface area contributed by atoms with Crippen molar-refractivity contribution in [1.29, 1.82) is 0 Å². The van der Waals surface area contributed by atoms with Gasteiger partial charge < -0.3 is 14.2 Å². The van der Waals surface area contributed by atoms with Crippen molar-refractivity contribution in [2.45, 2.75) is 399 Å². The third kappa shape index (κ3) is 68.0. The number of hydrogen-bond donors (Lipinski definition) is 0. The Labute approximate surface area is 505 Å². The second-order valence-corrected chi connectivity index (χ2v) is 24.5. The largest absolute Gasteiger partial charge is 0.462 e. The molecule has 0 rings (SSSR count). The van der Waals surface area contributed by atoms with Crippen molar-refractivity contribution in [1.82, 2.24) is 0 Å². The zero-order chi connectivity index (χ0) is 58.5. The molecule has 1 unspecified atom stereocenters. The van der Waals surface area contributed by atoms with Crippen LogP contribution in [-0.4, -0.2) is 37.2 Å². The van der Waals surface area contributed by atoms with Crippen molar-refractivity contribution >= 4 is 17.9 Å². The number of ether oxygens (including phenoxy) is 3. The Morgan fingerprint density at radius 2 is 0.481 bits per heavy atom. The smallest absolute Gasteiger partial charge is 0.306 e. The third-order valence-corrected chi connectivity index (χ3v) is 16.3. The quantitative estimate of drug-likeness (QED) is 0.0261. The lowest BCUT2D eigenvalue weighted by Gasteiger charge is -2.18. The molecule has 0 aromatic carbocycles. The van der Waals surface area contributed by atoms with E-state index < -0.39 is 6.10 Å². The van der Waals surface area contributed by atoms with Gasteiger partial charge in [-0.3, -0.25) is 14.4 Å². The highest BCUT2D eigenvalue weighted by Crippen LogP contribution is 2.19. The van der Waals surface area contributed by atoms with Gasteiger partial charge in [-0.2, -0.15) is 0 Å². The van der Waals surface area contributed by atoms with E-state index in [1.165, 1.54) is 263 Å². The monoisotopic (exact) mass is 1140 g/mol. The van der Waals surface area contributed by atoms with E-state index in [1.54, 1.807) is 0 Å². The zero-order valence-corrected chi connectivity index (χ0v) is 54.6. The van der Waals surface area contributed by atoms with E-state index in [2.05, 4.69) is 69.4 Å². The van der Waals surface area contributed by atoms with Crippen LogP contribution < -0.4 is 0 Å². The zero-order valence-electron chi connectivity index (χ0n) is 54.6. The highest BCUT2D eigenvalue weighted by molar-refractivity contribution is 5.71. The molecule has 6 heteroatoms. The van der Waals surface area contributed by atoms with Gasteiger partial charge in [-0.15, -0.1) is 0 Å². The van der Waals surface area contributed by atoms with Crippen LogP contribution in [0.2, 0.25) is 0 Å². The van der Waals surface area contributed by atoms with Crippen LogP contribution >= 0.6 is 0 Å². The van der Waals surface area contributed by atoms with Crippen molar-refractivity contribution in [2.24, 2.45) is 0 Å². The Hall–Kier alpha value is -2.63. The van der Waals surface area contributed by atoms with Gasteiger partial charge in [0.2, 0.25) is 0 Å². The summed E-state index contributed by atoms with van der Waals surface area (Å²) in [6.07, 6.45) is 88.7. The van der Waals surface area contributed by atoms with Crippen LogP contribution in [0.15, 0.2) is 48.6 Å². The highest BCUT2D eigenvalue weighted by Gasteiger charge is 2.19. The maximum absolute atomic E-state index is 12.9. The summed E-state index contributed by atoms with van der Waals surface area (Å²) in [7, 11) is 0. The number of unbranched alkanes of at least 4 members (excludes halogenated alkanes) is 48. The van der Waals surface area contributed by atoms with Gasteiger partial charge >= 0.3 is 17.9 Å². The van der Waals surface area contributed by atoms with Crippen LogP contribution in [0.3, 0.4) is 0 Å². The first-order valence-corrected chi connectivity index (χ1v) is 36.1. The first-order chi connectivity index (χ1) is 40.0. The number of allylic oxidation sites excluding steroid dienone is 8. The van der Waals surface area contributed by atoms with E-state index in [4.69, 9.17) is 14.2 Å². The number of carbonyl (C=O) groups is 3. The predicted octanol–water partition coefficient (Wildman–Crippen LogP) is 24.9. The number of hydrogen-bond acceptors (Lipinski definition) is 6. The molecule has 0 saturated carbocycles. The molecule has 0 aromatic rings. The fraction of sp³-hybridized carbons (Fsp3) is 0.853. The minimum atomic E-state index is -0.782. The molecule has 0 heterocycles. The molecule has 0 N–H and O–H groups in total. The molecule has 81 heavy (non-hydrogen) atoms. The van der Waals surface area contributed by atoms with Crippen molar-refractivity contribution in [2.75, 3.05) is 13.2 Å². The van der Waals surface area contributed by atoms with Gasteiger partial charge in [-0.05, 0) is 77.0 Å². The Bertz CT molecular complexity index is 1400. The topological polar surface area (TPSA) is 78.9 Å². The second kappa shape index (κ2) is 69.9. The van der Waals surface area contributed by atoms with Crippen molar-refractivity contribution in [3.63, 3.8) is 0 Å². The lowest BCUT2D eigenvalue weighted by molar-refractivity contribution is -0.167. The summed E-state index contributed by atoms with van der Waals surface area (Å²) in [4.78, 5) is 38.4. The molecule has 0 aliphatic rings. The molecule has 0 spiro atoms. The molecule has 0 aliphatic heterocycles. The fourth-order valence-electron chi connectivity index (χ4n) is 10.9. The molecule has 0 fully saturated rings. The van der Waals surface area contributed by atoms with Gasteiger partial charge in [0.05, 0.1) is 0 Å². The predicted molar refractivity (Wildman–Crippen MR) is 353 cm³/mol. The van der Waals surface area contributed by atoms with Crippen LogP contribution in [0.1, 0.15) is 393 Å². The van der Waals surface area contributed by atoms with Gasteiger partial charge in [0.15, 0.2) is 6.10 Å². The molecule has 0 amide bonds. The summed E-state index contributed by atoms with van der Waals surface area (Å²) in [5.41, 5.74) is 0. The molecule has 0 aliphatic carbocycles. The minimum absolute atomic E-state index is 0.0760. The Morgan fingerprint density at radius 3 is 0.765 bits per heavy atom. The molecule has 0 bridgehead atoms. The van der Waals surface area contributed by atoms with E-state index in [1.807, 2.05) is 0 Å². The summed E-state index contributed by atoms with van der Waals surface area (Å²) in [5, 5.41) is 0. The van der Waals surface area contributed by atoms with Crippen LogP contribution in [0, 0.1) is 0 Å². The Morgan fingerprint density at radius 1 is 0.259 bits per heavy atom. The highest BCUT2D eigenvalue weighted by atomic mass is 16.6. The van der Waals surface area contributed by atoms with Crippen LogP contribution in [0.5, 0.6) is 0 Å². The van der Waals surface area contributed by atoms with Crippen LogP contribution in [-0.2, 0) is 28.6 Å². The van der Waals surface area contributed by atoms with E-state index in [0.717, 1.165) is 89.9 Å². The van der Waals surface area contributed by atoms with E-state index in [0.29, 0.717) is 19.3 Å². The van der Waals surface area contributed by atoms with Gasteiger partial charge in [0.25, 0.3) is 0 Å². The molecule has 474 valence electrons. The van der Waals surface area contributed by atoms with E-state index in [-0.39, 0.29) is 31.1 Å². The standard InChI is InChI=1S/C75H138O6/c1-4-7-10-13-16-19-22-25-28-30-31-32-33-34-35-36-37-38-39-40-41-42-43-45-47-50-53-56-59-62-65-68-74(77)80-71-72(70-79-73(76)67-64-61-58-55-52-49-46-27-24-21-18-15-12-9-6-3)81-75(78)69-66-63-60-57-54-51-48-44-29-26-23-20-17-14-11-8-5-2/h8,11,17,20,26-27,29,46,72H,4-7,9-10,12-16,18-19,21-25,28,30-45,47-71H2,1-3H3/b11-8-,20-17-,29-26-,46-27-. The Kier molecular flexibility index (Phi) is 67.6. The van der Waals surface area contributed by atoms with Crippen LogP contribution in [0.4, 0.5) is 0 Å². The summed E-state index contributed by atoms with van der Waals surface area (Å²) in [6.45, 7) is 6.58. The second-order valence-electron chi connectivity index (χ2n) is 24.5. The van der Waals surface area contributed by atoms with Crippen LogP contribution in [0.25, 0.3) is 0 Å². The van der Waals surface area contributed by atoms with Gasteiger partial charge in [0.1, 0.15) is 13.2 Å². The molecule has 6 nitrogen and oxygen atoms in total. The average molecular weight is 1140 g/mol. The normalized spacial score (nSPS) is 12.3. The minimum Gasteiger partial charge on any atom is -0.462 e. The van der Waals surface area contributed by atoms with Crippen molar-refractivity contribution in [3.8, 4) is 0 Å². The number of esters is 3. The lowest BCUT2D eigenvalue weighted by Crippen LogP contribution is -2.30. The maximum atomic E-state index is 12.9. The molecule has 0 aromatic heterocycles. The SMILES string of the molecule is CC/C=C\C/C=C\C/C=C\CCCCCCCCCC(=O)OC(COC(=O)CCCCCCC/C=C\CCCCCCCC)COC(=O)CCCCCCCCCCCCCCCCCCCCCCCCCCCCCCCCC. The molecular weight excluding hydrogens is 997 g/mol. The first kappa shape index (κ1) is 78.4. The van der Waals surface area contributed by atoms with Gasteiger partial charge in [-0.25, -0.2) is 0 Å². The fourth-order valence-corrected chi connectivity index (χ4v) is 10.9. The molecule has 0 radical (unpaired) electrons. The summed E-state index contributed by atoms with van der Waals surface area (Å²) in [6, 6.07) is 0. The first-order valence-electron chi connectivity index (χ1n) is 36.1. The van der Waals surface area contributed by atoms with Crippen molar-refractivity contribution < 1.29 is 28.6 Å². The number of carbonyl (C=O) groups excluding carboxylic acids is 3. The summed E-state index contributed by atoms with van der Waals surface area (Å²) >= 11 is 0. The van der Waals surface area contributed by atoms with Gasteiger partial charge in [-0.1, -0.05) is 345 Å². The van der Waals surface area contributed by atoms with E-state index >= 15 is 0 Å². The Balaban J connectivity index is 4.17. The molecular formula is C75H138O6. The third-order valence-electron chi connectivity index (χ3n) is 16.3. The van der Waals surface area contributed by atoms with Gasteiger partial charge in [0, 0.05) is 19.3 Å². The molecule has 1 atom stereocenters. The average Bonchev–Trinajstić information content (AvgIpc) is 3.47. The lowest BCUT2D eigenvalue weighted by atomic mass is 10.0. The van der Waals surface area contributed by atoms with Crippen molar-refractivity contribution in [3.05, 3.63) is 48.6 Å². The van der Waals surface area contributed by atoms with E-state index in [9.17, 15) is 14.4 Å². The summed E-state index contributed by atoms with van der Waals surface area (Å²) in [5.74, 6) is -0.870. The summed E-state index contributed by atoms with van der Waals surface area (Å²) < 4.78 is 17.0. The maximum Gasteiger partial charge on any atom is 0.306 e.